The molecule has 5 heteroatoms. The molecule has 1 aliphatic rings. The quantitative estimate of drug-likeness (QED) is 0.881. The molecule has 5 nitrogen and oxygen atoms in total. The fourth-order valence-electron chi connectivity index (χ4n) is 1.85. The molecule has 0 atom stereocenters. The van der Waals surface area contributed by atoms with Crippen LogP contribution in [0, 0.1) is 0 Å². The second-order valence-electron chi connectivity index (χ2n) is 4.77. The van der Waals surface area contributed by atoms with Crippen molar-refractivity contribution in [2.75, 3.05) is 5.32 Å². The van der Waals surface area contributed by atoms with Gasteiger partial charge in [-0.2, -0.15) is 5.10 Å². The molecule has 0 bridgehead atoms. The standard InChI is InChI=1S/C14H16N4O/c19-14(17-13-6-7-13)16-12-4-2-11(3-5-12)10-18-9-1-8-15-18/h1-5,8-9,13H,6-7,10H2,(H2,16,17,19). The number of nitrogens with zero attached hydrogens (tertiary/aromatic N) is 2. The maximum atomic E-state index is 11.6. The first-order valence-corrected chi connectivity index (χ1v) is 6.43. The normalized spacial score (nSPS) is 14.1. The van der Waals surface area contributed by atoms with Gasteiger partial charge in [-0.1, -0.05) is 12.1 Å². The summed E-state index contributed by atoms with van der Waals surface area (Å²) in [5.74, 6) is 0. The molecule has 0 aliphatic heterocycles. The topological polar surface area (TPSA) is 59.0 Å². The van der Waals surface area contributed by atoms with Crippen LogP contribution < -0.4 is 10.6 Å². The van der Waals surface area contributed by atoms with Gasteiger partial charge in [0.2, 0.25) is 0 Å². The summed E-state index contributed by atoms with van der Waals surface area (Å²) in [5, 5.41) is 9.87. The van der Waals surface area contributed by atoms with E-state index in [1.54, 1.807) is 6.20 Å². The van der Waals surface area contributed by atoms with Crippen molar-refractivity contribution in [2.24, 2.45) is 0 Å². The lowest BCUT2D eigenvalue weighted by Gasteiger charge is -2.07. The van der Waals surface area contributed by atoms with Crippen LogP contribution in [0.15, 0.2) is 42.7 Å². The van der Waals surface area contributed by atoms with E-state index in [0.717, 1.165) is 30.6 Å². The highest BCUT2D eigenvalue weighted by Gasteiger charge is 2.23. The summed E-state index contributed by atoms with van der Waals surface area (Å²) in [6, 6.07) is 9.96. The van der Waals surface area contributed by atoms with Crippen molar-refractivity contribution < 1.29 is 4.79 Å². The maximum absolute atomic E-state index is 11.6. The predicted molar refractivity (Wildman–Crippen MR) is 72.9 cm³/mol. The number of benzene rings is 1. The number of nitrogens with one attached hydrogen (secondary N) is 2. The Balaban J connectivity index is 1.57. The number of carbonyl (C=O) groups is 1. The van der Waals surface area contributed by atoms with Gasteiger partial charge in [-0.05, 0) is 36.6 Å². The molecule has 98 valence electrons. The van der Waals surface area contributed by atoms with Gasteiger partial charge >= 0.3 is 6.03 Å². The van der Waals surface area contributed by atoms with Crippen LogP contribution in [0.2, 0.25) is 0 Å². The number of hydrogen-bond donors (Lipinski definition) is 2. The molecule has 1 aromatic carbocycles. The Kier molecular flexibility index (Phi) is 3.18. The first kappa shape index (κ1) is 11.8. The van der Waals surface area contributed by atoms with Crippen LogP contribution in [0.4, 0.5) is 10.5 Å². The lowest BCUT2D eigenvalue weighted by Crippen LogP contribution is -2.30. The molecule has 0 saturated heterocycles. The van der Waals surface area contributed by atoms with E-state index >= 15 is 0 Å². The molecule has 1 heterocycles. The fourth-order valence-corrected chi connectivity index (χ4v) is 1.85. The van der Waals surface area contributed by atoms with Gasteiger partial charge in [0, 0.05) is 24.1 Å². The third-order valence-electron chi connectivity index (χ3n) is 3.03. The van der Waals surface area contributed by atoms with E-state index in [2.05, 4.69) is 15.7 Å². The van der Waals surface area contributed by atoms with Crippen LogP contribution in [0.1, 0.15) is 18.4 Å². The second kappa shape index (κ2) is 5.14. The van der Waals surface area contributed by atoms with E-state index in [9.17, 15) is 4.79 Å². The minimum atomic E-state index is -0.123. The van der Waals surface area contributed by atoms with Gasteiger partial charge in [0.1, 0.15) is 0 Å². The third kappa shape index (κ3) is 3.34. The van der Waals surface area contributed by atoms with Gasteiger partial charge < -0.3 is 10.6 Å². The van der Waals surface area contributed by atoms with Crippen molar-refractivity contribution >= 4 is 11.7 Å². The van der Waals surface area contributed by atoms with Crippen molar-refractivity contribution in [2.45, 2.75) is 25.4 Å². The molecule has 1 saturated carbocycles. The van der Waals surface area contributed by atoms with Gasteiger partial charge in [0.25, 0.3) is 0 Å². The number of urea groups is 1. The molecular weight excluding hydrogens is 240 g/mol. The molecule has 1 aromatic heterocycles. The second-order valence-corrected chi connectivity index (χ2v) is 4.77. The molecule has 1 aliphatic carbocycles. The first-order valence-electron chi connectivity index (χ1n) is 6.43. The van der Waals surface area contributed by atoms with Crippen molar-refractivity contribution in [1.29, 1.82) is 0 Å². The largest absolute Gasteiger partial charge is 0.335 e. The van der Waals surface area contributed by atoms with Crippen molar-refractivity contribution in [3.05, 3.63) is 48.3 Å². The Hall–Kier alpha value is -2.30. The van der Waals surface area contributed by atoms with Crippen LogP contribution >= 0.6 is 0 Å². The highest BCUT2D eigenvalue weighted by atomic mass is 16.2. The van der Waals surface area contributed by atoms with Crippen molar-refractivity contribution in [1.82, 2.24) is 15.1 Å². The molecular formula is C14H16N4O. The summed E-state index contributed by atoms with van der Waals surface area (Å²) in [6.07, 6.45) is 5.87. The van der Waals surface area contributed by atoms with Crippen molar-refractivity contribution in [3.8, 4) is 0 Å². The molecule has 0 radical (unpaired) electrons. The van der Waals surface area contributed by atoms with Crippen LogP contribution in [-0.2, 0) is 6.54 Å². The molecule has 2 aromatic rings. The van der Waals surface area contributed by atoms with E-state index in [1.165, 1.54) is 0 Å². The summed E-state index contributed by atoms with van der Waals surface area (Å²) in [5.41, 5.74) is 1.96. The molecule has 3 rings (SSSR count). The van der Waals surface area contributed by atoms with Gasteiger partial charge in [-0.15, -0.1) is 0 Å². The molecule has 2 N–H and O–H groups in total. The monoisotopic (exact) mass is 256 g/mol. The summed E-state index contributed by atoms with van der Waals surface area (Å²) in [6.45, 7) is 0.738. The SMILES string of the molecule is O=C(Nc1ccc(Cn2cccn2)cc1)NC1CC1. The van der Waals surface area contributed by atoms with Gasteiger partial charge in [-0.25, -0.2) is 4.79 Å². The van der Waals surface area contributed by atoms with E-state index < -0.39 is 0 Å². The zero-order valence-corrected chi connectivity index (χ0v) is 10.5. The maximum Gasteiger partial charge on any atom is 0.319 e. The number of amides is 2. The minimum absolute atomic E-state index is 0.123. The lowest BCUT2D eigenvalue weighted by atomic mass is 10.2. The number of rotatable bonds is 4. The van der Waals surface area contributed by atoms with Crippen molar-refractivity contribution in [3.63, 3.8) is 0 Å². The highest BCUT2D eigenvalue weighted by Crippen LogP contribution is 2.19. The van der Waals surface area contributed by atoms with Crippen LogP contribution in [-0.4, -0.2) is 21.9 Å². The average Bonchev–Trinajstić information content (AvgIpc) is 3.05. The number of carbonyl (C=O) groups excluding carboxylic acids is 1. The predicted octanol–water partition coefficient (Wildman–Crippen LogP) is 2.22. The van der Waals surface area contributed by atoms with Gasteiger partial charge in [-0.3, -0.25) is 4.68 Å². The average molecular weight is 256 g/mol. The Morgan fingerprint density at radius 3 is 2.74 bits per heavy atom. The minimum Gasteiger partial charge on any atom is -0.335 e. The molecule has 0 spiro atoms. The molecule has 1 fully saturated rings. The Bertz CT molecular complexity index is 543. The summed E-state index contributed by atoms with van der Waals surface area (Å²) < 4.78 is 1.86. The zero-order chi connectivity index (χ0) is 13.1. The number of hydrogen-bond acceptors (Lipinski definition) is 2. The summed E-state index contributed by atoms with van der Waals surface area (Å²) >= 11 is 0. The smallest absolute Gasteiger partial charge is 0.319 e. The molecule has 0 unspecified atom stereocenters. The van der Waals surface area contributed by atoms with E-state index in [-0.39, 0.29) is 6.03 Å². The van der Waals surface area contributed by atoms with Crippen LogP contribution in [0.25, 0.3) is 0 Å². The lowest BCUT2D eigenvalue weighted by molar-refractivity contribution is 0.251. The van der Waals surface area contributed by atoms with Gasteiger partial charge in [0.05, 0.1) is 6.54 Å². The van der Waals surface area contributed by atoms with E-state index in [4.69, 9.17) is 0 Å². The fraction of sp³-hybridized carbons (Fsp3) is 0.286. The number of anilines is 1. The Morgan fingerprint density at radius 1 is 1.32 bits per heavy atom. The summed E-state index contributed by atoms with van der Waals surface area (Å²) in [7, 11) is 0. The van der Waals surface area contributed by atoms with Crippen LogP contribution in [0.5, 0.6) is 0 Å². The van der Waals surface area contributed by atoms with E-state index in [0.29, 0.717) is 6.04 Å². The molecule has 19 heavy (non-hydrogen) atoms. The van der Waals surface area contributed by atoms with Gasteiger partial charge in [0.15, 0.2) is 0 Å². The molecule has 2 amide bonds. The Morgan fingerprint density at radius 2 is 2.11 bits per heavy atom. The highest BCUT2D eigenvalue weighted by molar-refractivity contribution is 5.89. The van der Waals surface area contributed by atoms with E-state index in [1.807, 2.05) is 41.2 Å². The Labute approximate surface area is 111 Å². The number of aromatic nitrogens is 2. The first-order chi connectivity index (χ1) is 9.29. The van der Waals surface area contributed by atoms with Crippen LogP contribution in [0.3, 0.4) is 0 Å². The summed E-state index contributed by atoms with van der Waals surface area (Å²) in [4.78, 5) is 11.6. The third-order valence-corrected chi connectivity index (χ3v) is 3.03. The zero-order valence-electron chi connectivity index (χ0n) is 10.5.